The summed E-state index contributed by atoms with van der Waals surface area (Å²) in [7, 11) is 1.75. The Morgan fingerprint density at radius 2 is 2.00 bits per heavy atom. The number of alkyl halides is 3. The number of aliphatic hydroxyl groups is 3. The topological polar surface area (TPSA) is 149 Å². The molecule has 1 aliphatic carbocycles. The van der Waals surface area contributed by atoms with Crippen molar-refractivity contribution in [2.75, 3.05) is 36.1 Å². The van der Waals surface area contributed by atoms with Crippen LogP contribution in [0.1, 0.15) is 18.5 Å². The molecule has 0 bridgehead atoms. The van der Waals surface area contributed by atoms with Gasteiger partial charge in [0.15, 0.2) is 11.3 Å². The van der Waals surface area contributed by atoms with Gasteiger partial charge in [-0.05, 0) is 38.0 Å². The molecule has 3 aromatic rings. The Morgan fingerprint density at radius 1 is 1.24 bits per heavy atom. The fourth-order valence-electron chi connectivity index (χ4n) is 4.00. The second-order valence-corrected chi connectivity index (χ2v) is 8.25. The van der Waals surface area contributed by atoms with Crippen molar-refractivity contribution in [2.24, 2.45) is 5.92 Å². The summed E-state index contributed by atoms with van der Waals surface area (Å²) in [4.78, 5) is 12.7. The van der Waals surface area contributed by atoms with E-state index < -0.39 is 30.5 Å². The zero-order chi connectivity index (χ0) is 24.7. The van der Waals surface area contributed by atoms with E-state index in [2.05, 4.69) is 30.9 Å². The van der Waals surface area contributed by atoms with E-state index in [-0.39, 0.29) is 41.9 Å². The molecule has 0 radical (unpaired) electrons. The molecule has 3 atom stereocenters. The van der Waals surface area contributed by atoms with E-state index in [0.717, 1.165) is 5.69 Å². The van der Waals surface area contributed by atoms with Gasteiger partial charge < -0.3 is 35.7 Å². The zero-order valence-corrected chi connectivity index (χ0v) is 18.4. The Bertz CT molecular complexity index is 1190. The number of rotatable bonds is 7. The number of benzene rings is 1. The molecular formula is C21H25F3N6O4. The molecule has 10 nitrogen and oxygen atoms in total. The molecule has 1 saturated carbocycles. The van der Waals surface area contributed by atoms with Gasteiger partial charge in [-0.3, -0.25) is 0 Å². The van der Waals surface area contributed by atoms with Gasteiger partial charge in [-0.15, -0.1) is 0 Å². The van der Waals surface area contributed by atoms with Crippen LogP contribution in [0.15, 0.2) is 22.6 Å². The van der Waals surface area contributed by atoms with E-state index in [1.165, 1.54) is 0 Å². The highest BCUT2D eigenvalue weighted by Gasteiger charge is 2.47. The van der Waals surface area contributed by atoms with Crippen molar-refractivity contribution in [2.45, 2.75) is 37.8 Å². The number of aromatic nitrogens is 3. The van der Waals surface area contributed by atoms with Gasteiger partial charge in [0.05, 0.1) is 5.69 Å². The molecule has 4 rings (SSSR count). The number of aliphatic hydroxyl groups excluding tert-OH is 2. The number of nitrogens with one attached hydrogen (secondary N) is 3. The quantitative estimate of drug-likeness (QED) is 0.277. The number of fused-ring (bicyclic) bond motifs is 1. The molecule has 1 fully saturated rings. The van der Waals surface area contributed by atoms with Gasteiger partial charge in [-0.25, -0.2) is 9.97 Å². The summed E-state index contributed by atoms with van der Waals surface area (Å²) < 4.78 is 44.0. The minimum atomic E-state index is -4.50. The lowest BCUT2D eigenvalue weighted by Crippen LogP contribution is -2.48. The van der Waals surface area contributed by atoms with Crippen LogP contribution in [0.2, 0.25) is 0 Å². The van der Waals surface area contributed by atoms with E-state index >= 15 is 0 Å². The third kappa shape index (κ3) is 4.72. The number of hydrogen-bond donors (Lipinski definition) is 6. The summed E-state index contributed by atoms with van der Waals surface area (Å²) in [6.07, 6.45) is -5.43. The predicted molar refractivity (Wildman–Crippen MR) is 118 cm³/mol. The van der Waals surface area contributed by atoms with Gasteiger partial charge in [0, 0.05) is 25.3 Å². The maximum Gasteiger partial charge on any atom is 0.405 e. The normalized spacial score (nSPS) is 22.8. The standard InChI is InChI=1S/C21H25F3N6O4/c1-10-15(18-28-13-7-12(25-2)3-4-14(13)34-18)17(29-19(27-10)26-9-21(22,23)24)30-20(33)6-5-11(8-31)16(20)32/h3-4,7,11,16,25,31-33H,5-6,8-9H2,1-2H3,(H2,26,27,29,30). The minimum Gasteiger partial charge on any atom is -0.436 e. The molecular weight excluding hydrogens is 457 g/mol. The van der Waals surface area contributed by atoms with Crippen LogP contribution in [0.5, 0.6) is 0 Å². The molecule has 2 heterocycles. The van der Waals surface area contributed by atoms with Gasteiger partial charge in [0.1, 0.15) is 29.5 Å². The molecule has 0 saturated heterocycles. The van der Waals surface area contributed by atoms with E-state index in [0.29, 0.717) is 17.5 Å². The molecule has 3 unspecified atom stereocenters. The average molecular weight is 482 g/mol. The van der Waals surface area contributed by atoms with Crippen molar-refractivity contribution in [1.82, 2.24) is 15.0 Å². The Hall–Kier alpha value is -3.16. The highest BCUT2D eigenvalue weighted by Crippen LogP contribution is 2.39. The summed E-state index contributed by atoms with van der Waals surface area (Å²) in [6, 6.07) is 5.25. The fraction of sp³-hybridized carbons (Fsp3) is 0.476. The molecule has 34 heavy (non-hydrogen) atoms. The molecule has 6 N–H and O–H groups in total. The van der Waals surface area contributed by atoms with E-state index in [1.807, 2.05) is 0 Å². The largest absolute Gasteiger partial charge is 0.436 e. The van der Waals surface area contributed by atoms with Gasteiger partial charge >= 0.3 is 6.18 Å². The number of hydrogen-bond acceptors (Lipinski definition) is 10. The molecule has 0 aliphatic heterocycles. The SMILES string of the molecule is CNc1ccc2oc(-c3c(C)nc(NCC(F)(F)F)nc3NC3(O)CCC(CO)C3O)nc2c1. The van der Waals surface area contributed by atoms with Crippen LogP contribution in [0, 0.1) is 12.8 Å². The summed E-state index contributed by atoms with van der Waals surface area (Å²) in [5.41, 5.74) is 0.342. The summed E-state index contributed by atoms with van der Waals surface area (Å²) in [6.45, 7) is -0.154. The van der Waals surface area contributed by atoms with Gasteiger partial charge in [0.2, 0.25) is 11.8 Å². The smallest absolute Gasteiger partial charge is 0.405 e. The highest BCUT2D eigenvalue weighted by atomic mass is 19.4. The first-order chi connectivity index (χ1) is 16.0. The lowest BCUT2D eigenvalue weighted by molar-refractivity contribution is -0.115. The summed E-state index contributed by atoms with van der Waals surface area (Å²) in [5.74, 6) is -0.890. The molecule has 184 valence electrons. The first kappa shape index (κ1) is 24.0. The van der Waals surface area contributed by atoms with E-state index in [4.69, 9.17) is 4.42 Å². The maximum atomic E-state index is 12.7. The molecule has 0 amide bonds. The van der Waals surface area contributed by atoms with Gasteiger partial charge in [-0.1, -0.05) is 0 Å². The summed E-state index contributed by atoms with van der Waals surface area (Å²) in [5, 5.41) is 38.9. The first-order valence-electron chi connectivity index (χ1n) is 10.6. The maximum absolute atomic E-state index is 12.7. The third-order valence-electron chi connectivity index (χ3n) is 5.83. The average Bonchev–Trinajstić information content (AvgIpc) is 3.31. The molecule has 1 aromatic carbocycles. The number of oxazole rings is 1. The van der Waals surface area contributed by atoms with Crippen LogP contribution in [0.3, 0.4) is 0 Å². The van der Waals surface area contributed by atoms with Gasteiger partial charge in [0.25, 0.3) is 0 Å². The first-order valence-corrected chi connectivity index (χ1v) is 10.6. The van der Waals surface area contributed by atoms with Crippen LogP contribution < -0.4 is 16.0 Å². The number of aryl methyl sites for hydroxylation is 1. The van der Waals surface area contributed by atoms with Gasteiger partial charge in [-0.2, -0.15) is 18.2 Å². The second-order valence-electron chi connectivity index (χ2n) is 8.25. The lowest BCUT2D eigenvalue weighted by Gasteiger charge is -2.30. The number of nitrogens with zero attached hydrogens (tertiary/aromatic N) is 3. The molecule has 2 aromatic heterocycles. The Kier molecular flexibility index (Phi) is 6.27. The van der Waals surface area contributed by atoms with Crippen LogP contribution in [-0.2, 0) is 0 Å². The number of anilines is 3. The van der Waals surface area contributed by atoms with Crippen LogP contribution in [-0.4, -0.2) is 68.5 Å². The van der Waals surface area contributed by atoms with Crippen molar-refractivity contribution in [3.05, 3.63) is 23.9 Å². The van der Waals surface area contributed by atoms with Crippen molar-refractivity contribution in [3.63, 3.8) is 0 Å². The Morgan fingerprint density at radius 3 is 2.65 bits per heavy atom. The Labute approximate surface area is 192 Å². The second kappa shape index (κ2) is 8.89. The fourth-order valence-corrected chi connectivity index (χ4v) is 4.00. The number of halogens is 3. The molecule has 13 heteroatoms. The monoisotopic (exact) mass is 482 g/mol. The van der Waals surface area contributed by atoms with Crippen LogP contribution in [0.4, 0.5) is 30.6 Å². The van der Waals surface area contributed by atoms with E-state index in [1.54, 1.807) is 32.2 Å². The van der Waals surface area contributed by atoms with Crippen LogP contribution in [0.25, 0.3) is 22.6 Å². The van der Waals surface area contributed by atoms with Crippen molar-refractivity contribution in [1.29, 1.82) is 0 Å². The molecule has 0 spiro atoms. The van der Waals surface area contributed by atoms with Crippen molar-refractivity contribution in [3.8, 4) is 11.5 Å². The molecule has 1 aliphatic rings. The third-order valence-corrected chi connectivity index (χ3v) is 5.83. The lowest BCUT2D eigenvalue weighted by atomic mass is 10.0. The Balaban J connectivity index is 1.78. The van der Waals surface area contributed by atoms with E-state index in [9.17, 15) is 28.5 Å². The van der Waals surface area contributed by atoms with Crippen molar-refractivity contribution >= 4 is 28.6 Å². The predicted octanol–water partition coefficient (Wildman–Crippen LogP) is 2.47. The van der Waals surface area contributed by atoms with Crippen LogP contribution >= 0.6 is 0 Å². The zero-order valence-electron chi connectivity index (χ0n) is 18.4. The minimum absolute atomic E-state index is 0.0716. The highest BCUT2D eigenvalue weighted by molar-refractivity contribution is 5.83. The van der Waals surface area contributed by atoms with Crippen molar-refractivity contribution < 1.29 is 32.9 Å². The summed E-state index contributed by atoms with van der Waals surface area (Å²) >= 11 is 0.